The Morgan fingerprint density at radius 3 is 2.55 bits per heavy atom. The number of anilines is 1. The van der Waals surface area contributed by atoms with E-state index in [1.54, 1.807) is 0 Å². The summed E-state index contributed by atoms with van der Waals surface area (Å²) < 4.78 is 1.01. The lowest BCUT2D eigenvalue weighted by Crippen LogP contribution is -2.25. The van der Waals surface area contributed by atoms with Gasteiger partial charge in [0.2, 0.25) is 0 Å². The van der Waals surface area contributed by atoms with Crippen LogP contribution in [0.5, 0.6) is 0 Å². The summed E-state index contributed by atoms with van der Waals surface area (Å²) in [6, 6.07) is 6.17. The van der Waals surface area contributed by atoms with Crippen LogP contribution in [0, 0.1) is 5.92 Å². The van der Waals surface area contributed by atoms with Crippen molar-refractivity contribution in [3.63, 3.8) is 0 Å². The van der Waals surface area contributed by atoms with Gasteiger partial charge >= 0.3 is 0 Å². The van der Waals surface area contributed by atoms with Crippen molar-refractivity contribution in [1.82, 2.24) is 5.32 Å². The number of nitrogens with one attached hydrogen (secondary N) is 1. The largest absolute Gasteiger partial charge is 0.389 e. The number of hydrogen-bond donors (Lipinski definition) is 3. The second kappa shape index (κ2) is 6.89. The van der Waals surface area contributed by atoms with E-state index in [-0.39, 0.29) is 0 Å². The summed E-state index contributed by atoms with van der Waals surface area (Å²) >= 11 is 3.49. The topological polar surface area (TPSA) is 55.7 Å². The average molecular weight is 343 g/mol. The van der Waals surface area contributed by atoms with Gasteiger partial charge in [-0.25, -0.2) is 0 Å². The Morgan fingerprint density at radius 2 is 1.95 bits per heavy atom. The third kappa shape index (κ3) is 3.95. The summed E-state index contributed by atoms with van der Waals surface area (Å²) in [5.74, 6) is 0.615. The van der Waals surface area contributed by atoms with Crippen LogP contribution in [0.25, 0.3) is 0 Å². The Labute approximate surface area is 128 Å². The minimum atomic E-state index is -0.662. The molecule has 2 rings (SSSR count). The highest BCUT2D eigenvalue weighted by Gasteiger charge is 2.30. The minimum absolute atomic E-state index is 0.481. The van der Waals surface area contributed by atoms with Crippen molar-refractivity contribution in [2.24, 2.45) is 5.92 Å². The summed E-state index contributed by atoms with van der Waals surface area (Å²) in [4.78, 5) is 2.05. The van der Waals surface area contributed by atoms with Gasteiger partial charge < -0.3 is 20.4 Å². The number of halogens is 1. The molecule has 0 aliphatic carbocycles. The Morgan fingerprint density at radius 1 is 1.30 bits per heavy atom. The molecule has 20 heavy (non-hydrogen) atoms. The van der Waals surface area contributed by atoms with Gasteiger partial charge in [0.15, 0.2) is 0 Å². The molecule has 112 valence electrons. The maximum atomic E-state index is 9.72. The number of hydrogen-bond acceptors (Lipinski definition) is 4. The number of rotatable bonds is 5. The van der Waals surface area contributed by atoms with E-state index in [0.717, 1.165) is 23.2 Å². The van der Waals surface area contributed by atoms with Crippen LogP contribution < -0.4 is 10.2 Å². The van der Waals surface area contributed by atoms with E-state index in [0.29, 0.717) is 19.0 Å². The summed E-state index contributed by atoms with van der Waals surface area (Å²) in [5.41, 5.74) is 2.27. The third-order valence-corrected chi connectivity index (χ3v) is 4.01. The molecule has 1 aromatic carbocycles. The summed E-state index contributed by atoms with van der Waals surface area (Å²) in [6.07, 6.45) is -1.32. The second-order valence-electron chi connectivity index (χ2n) is 5.84. The molecule has 0 bridgehead atoms. The zero-order valence-electron chi connectivity index (χ0n) is 12.0. The van der Waals surface area contributed by atoms with Crippen LogP contribution in [0.4, 0.5) is 5.69 Å². The molecule has 0 saturated carbocycles. The summed E-state index contributed by atoms with van der Waals surface area (Å²) in [6.45, 7) is 7.10. The molecule has 1 saturated heterocycles. The Bertz CT molecular complexity index is 443. The van der Waals surface area contributed by atoms with Crippen LogP contribution in [-0.4, -0.2) is 42.1 Å². The predicted octanol–water partition coefficient (Wildman–Crippen LogP) is 1.74. The number of nitrogens with zero attached hydrogens (tertiary/aromatic N) is 1. The molecule has 3 N–H and O–H groups in total. The maximum absolute atomic E-state index is 9.72. The fourth-order valence-electron chi connectivity index (χ4n) is 2.44. The zero-order valence-corrected chi connectivity index (χ0v) is 13.6. The van der Waals surface area contributed by atoms with Crippen molar-refractivity contribution in [3.05, 3.63) is 28.2 Å². The van der Waals surface area contributed by atoms with Crippen LogP contribution in [0.15, 0.2) is 22.7 Å². The van der Waals surface area contributed by atoms with Gasteiger partial charge in [-0.05, 0) is 30.2 Å². The van der Waals surface area contributed by atoms with Crippen molar-refractivity contribution in [1.29, 1.82) is 0 Å². The molecule has 1 aliphatic rings. The Balaban J connectivity index is 2.12. The average Bonchev–Trinajstić information content (AvgIpc) is 2.71. The maximum Gasteiger partial charge on any atom is 0.0990 e. The van der Waals surface area contributed by atoms with E-state index in [2.05, 4.69) is 47.2 Å². The van der Waals surface area contributed by atoms with Crippen molar-refractivity contribution in [2.45, 2.75) is 32.6 Å². The van der Waals surface area contributed by atoms with Gasteiger partial charge in [-0.3, -0.25) is 0 Å². The summed E-state index contributed by atoms with van der Waals surface area (Å²) in [5, 5.41) is 22.9. The summed E-state index contributed by atoms with van der Waals surface area (Å²) in [7, 11) is 0. The number of aliphatic hydroxyl groups excluding tert-OH is 2. The van der Waals surface area contributed by atoms with Gasteiger partial charge in [-0.15, -0.1) is 0 Å². The van der Waals surface area contributed by atoms with E-state index in [1.165, 1.54) is 5.56 Å². The van der Waals surface area contributed by atoms with Crippen molar-refractivity contribution >= 4 is 21.6 Å². The van der Waals surface area contributed by atoms with Gasteiger partial charge in [0, 0.05) is 29.8 Å². The molecule has 5 heteroatoms. The second-order valence-corrected chi connectivity index (χ2v) is 6.75. The molecule has 1 aliphatic heterocycles. The van der Waals surface area contributed by atoms with E-state index >= 15 is 0 Å². The van der Waals surface area contributed by atoms with Crippen LogP contribution >= 0.6 is 15.9 Å². The molecule has 0 spiro atoms. The predicted molar refractivity (Wildman–Crippen MR) is 84.9 cm³/mol. The lowest BCUT2D eigenvalue weighted by atomic mass is 10.1. The SMILES string of the molecule is CC(C)CNCc1ccc(Br)cc1N1CC(O)C(O)C1. The molecule has 0 radical (unpaired) electrons. The standard InChI is InChI=1S/C15H23BrN2O2/c1-10(2)6-17-7-11-3-4-12(16)5-13(11)18-8-14(19)15(20)9-18/h3-5,10,14-15,17,19-20H,6-9H2,1-2H3. The van der Waals surface area contributed by atoms with E-state index in [1.807, 2.05) is 11.0 Å². The monoisotopic (exact) mass is 342 g/mol. The molecular formula is C15H23BrN2O2. The Kier molecular flexibility index (Phi) is 5.43. The highest BCUT2D eigenvalue weighted by atomic mass is 79.9. The smallest absolute Gasteiger partial charge is 0.0990 e. The van der Waals surface area contributed by atoms with Crippen molar-refractivity contribution < 1.29 is 10.2 Å². The molecule has 1 aromatic rings. The van der Waals surface area contributed by atoms with Crippen LogP contribution in [0.1, 0.15) is 19.4 Å². The quantitative estimate of drug-likeness (QED) is 0.762. The molecule has 0 aromatic heterocycles. The first kappa shape index (κ1) is 15.8. The zero-order chi connectivity index (χ0) is 14.7. The molecule has 4 nitrogen and oxygen atoms in total. The van der Waals surface area contributed by atoms with Gasteiger partial charge in [0.25, 0.3) is 0 Å². The van der Waals surface area contributed by atoms with Crippen molar-refractivity contribution in [3.8, 4) is 0 Å². The van der Waals surface area contributed by atoms with Gasteiger partial charge in [-0.2, -0.15) is 0 Å². The third-order valence-electron chi connectivity index (χ3n) is 3.52. The van der Waals surface area contributed by atoms with Crippen LogP contribution in [0.2, 0.25) is 0 Å². The molecule has 0 amide bonds. The van der Waals surface area contributed by atoms with E-state index in [9.17, 15) is 10.2 Å². The van der Waals surface area contributed by atoms with Gasteiger partial charge in [-0.1, -0.05) is 35.8 Å². The molecule has 1 heterocycles. The van der Waals surface area contributed by atoms with E-state index in [4.69, 9.17) is 0 Å². The number of benzene rings is 1. The molecular weight excluding hydrogens is 320 g/mol. The highest BCUT2D eigenvalue weighted by molar-refractivity contribution is 9.10. The molecule has 1 fully saturated rings. The highest BCUT2D eigenvalue weighted by Crippen LogP contribution is 2.28. The van der Waals surface area contributed by atoms with E-state index < -0.39 is 12.2 Å². The minimum Gasteiger partial charge on any atom is -0.389 e. The van der Waals surface area contributed by atoms with Crippen LogP contribution in [0.3, 0.4) is 0 Å². The fourth-order valence-corrected chi connectivity index (χ4v) is 2.79. The Hall–Kier alpha value is -0.620. The normalized spacial score (nSPS) is 22.8. The first-order valence-electron chi connectivity index (χ1n) is 7.07. The molecule has 2 unspecified atom stereocenters. The first-order valence-corrected chi connectivity index (χ1v) is 7.87. The number of aliphatic hydroxyl groups is 2. The fraction of sp³-hybridized carbons (Fsp3) is 0.600. The lowest BCUT2D eigenvalue weighted by Gasteiger charge is -2.22. The van der Waals surface area contributed by atoms with Gasteiger partial charge in [0.05, 0.1) is 12.2 Å². The molecule has 2 atom stereocenters. The first-order chi connectivity index (χ1) is 9.47. The van der Waals surface area contributed by atoms with Crippen LogP contribution in [-0.2, 0) is 6.54 Å². The lowest BCUT2D eigenvalue weighted by molar-refractivity contribution is 0.0572. The number of β-amino-alcohol motifs (C(OH)–C–C–N with tert-alkyl or cyclic N) is 2. The van der Waals surface area contributed by atoms with Crippen molar-refractivity contribution in [2.75, 3.05) is 24.5 Å². The van der Waals surface area contributed by atoms with Gasteiger partial charge in [0.1, 0.15) is 0 Å².